The quantitative estimate of drug-likeness (QED) is 0.538. The highest BCUT2D eigenvalue weighted by atomic mass is 16.7. The van der Waals surface area contributed by atoms with Crippen molar-refractivity contribution in [3.05, 3.63) is 58.7 Å². The monoisotopic (exact) mass is 340 g/mol. The van der Waals surface area contributed by atoms with Gasteiger partial charge in [0.25, 0.3) is 0 Å². The topological polar surface area (TPSA) is 44.8 Å². The van der Waals surface area contributed by atoms with Gasteiger partial charge in [0.2, 0.25) is 0 Å². The minimum absolute atomic E-state index is 0.360. The summed E-state index contributed by atoms with van der Waals surface area (Å²) in [5.74, 6) is 2.02. The molecule has 132 valence electrons. The largest absolute Gasteiger partial charge is 0.513 e. The Balaban J connectivity index is 1.84. The molecule has 0 atom stereocenters. The Morgan fingerprint density at radius 1 is 1.16 bits per heavy atom. The van der Waals surface area contributed by atoms with Gasteiger partial charge in [0.1, 0.15) is 18.1 Å². The second-order valence-electron chi connectivity index (χ2n) is 6.41. The van der Waals surface area contributed by atoms with Gasteiger partial charge >= 0.3 is 6.16 Å². The lowest BCUT2D eigenvalue weighted by Gasteiger charge is -2.16. The predicted molar refractivity (Wildman–Crippen MR) is 96.3 cm³/mol. The number of carbonyl (C=O) groups is 1. The third-order valence-electron chi connectivity index (χ3n) is 4.53. The first-order valence-corrected chi connectivity index (χ1v) is 8.72. The summed E-state index contributed by atoms with van der Waals surface area (Å²) in [6.45, 7) is 4.53. The molecule has 4 heteroatoms. The summed E-state index contributed by atoms with van der Waals surface area (Å²) in [4.78, 5) is 11.5. The minimum Gasteiger partial charge on any atom is -0.488 e. The molecule has 0 radical (unpaired) electrons. The van der Waals surface area contributed by atoms with Crippen molar-refractivity contribution in [2.24, 2.45) is 0 Å². The number of hydrogen-bond donors (Lipinski definition) is 0. The summed E-state index contributed by atoms with van der Waals surface area (Å²) < 4.78 is 16.1. The number of ether oxygens (including phenoxy) is 3. The summed E-state index contributed by atoms with van der Waals surface area (Å²) in [6.07, 6.45) is 2.56. The van der Waals surface area contributed by atoms with E-state index in [4.69, 9.17) is 9.47 Å². The highest BCUT2D eigenvalue weighted by molar-refractivity contribution is 5.64. The molecule has 3 rings (SSSR count). The molecule has 25 heavy (non-hydrogen) atoms. The van der Waals surface area contributed by atoms with E-state index in [2.05, 4.69) is 30.7 Å². The third-order valence-corrected chi connectivity index (χ3v) is 4.53. The molecule has 1 saturated carbocycles. The van der Waals surface area contributed by atoms with Crippen LogP contribution in [0.5, 0.6) is 11.5 Å². The van der Waals surface area contributed by atoms with Crippen LogP contribution < -0.4 is 9.47 Å². The van der Waals surface area contributed by atoms with Crippen molar-refractivity contribution in [2.75, 3.05) is 7.11 Å². The molecule has 0 aromatic heterocycles. The maximum atomic E-state index is 11.5. The van der Waals surface area contributed by atoms with Gasteiger partial charge < -0.3 is 14.2 Å². The van der Waals surface area contributed by atoms with Crippen molar-refractivity contribution in [3.63, 3.8) is 0 Å². The highest BCUT2D eigenvalue weighted by Gasteiger charge is 2.27. The predicted octanol–water partition coefficient (Wildman–Crippen LogP) is 5.16. The molecule has 1 aliphatic rings. The zero-order chi connectivity index (χ0) is 17.8. The van der Waals surface area contributed by atoms with Crippen molar-refractivity contribution in [3.8, 4) is 11.5 Å². The van der Waals surface area contributed by atoms with Crippen LogP contribution in [0.3, 0.4) is 0 Å². The molecule has 0 spiro atoms. The van der Waals surface area contributed by atoms with E-state index < -0.39 is 6.16 Å². The van der Waals surface area contributed by atoms with Gasteiger partial charge in [0, 0.05) is 5.56 Å². The van der Waals surface area contributed by atoms with E-state index in [1.807, 2.05) is 18.2 Å². The molecule has 1 aliphatic carbocycles. The van der Waals surface area contributed by atoms with Gasteiger partial charge in [-0.1, -0.05) is 36.8 Å². The van der Waals surface area contributed by atoms with Crippen molar-refractivity contribution >= 4 is 6.16 Å². The molecule has 0 N–H and O–H groups in total. The van der Waals surface area contributed by atoms with Crippen molar-refractivity contribution < 1.29 is 19.0 Å². The van der Waals surface area contributed by atoms with Crippen LogP contribution in [0, 0.1) is 6.92 Å². The molecule has 4 nitrogen and oxygen atoms in total. The zero-order valence-electron chi connectivity index (χ0n) is 15.0. The maximum Gasteiger partial charge on any atom is 0.513 e. The number of methoxy groups -OCH3 is 1. The fourth-order valence-corrected chi connectivity index (χ4v) is 3.00. The Labute approximate surface area is 148 Å². The molecule has 0 saturated heterocycles. The first-order valence-electron chi connectivity index (χ1n) is 8.72. The fraction of sp³-hybridized carbons (Fsp3) is 0.381. The Morgan fingerprint density at radius 2 is 1.96 bits per heavy atom. The Hall–Kier alpha value is -2.49. The highest BCUT2D eigenvalue weighted by Crippen LogP contribution is 2.45. The number of benzene rings is 2. The van der Waals surface area contributed by atoms with Crippen LogP contribution in [-0.2, 0) is 17.8 Å². The van der Waals surface area contributed by atoms with Gasteiger partial charge in [-0.25, -0.2) is 4.79 Å². The van der Waals surface area contributed by atoms with Crippen LogP contribution in [0.25, 0.3) is 0 Å². The average Bonchev–Trinajstić information content (AvgIpc) is 3.46. The third kappa shape index (κ3) is 4.13. The molecule has 0 heterocycles. The number of rotatable bonds is 6. The van der Waals surface area contributed by atoms with Crippen LogP contribution >= 0.6 is 0 Å². The second kappa shape index (κ2) is 7.60. The van der Waals surface area contributed by atoms with Crippen molar-refractivity contribution in [1.82, 2.24) is 0 Å². The molecule has 0 unspecified atom stereocenters. The molecule has 0 aliphatic heterocycles. The van der Waals surface area contributed by atoms with Gasteiger partial charge in [0.15, 0.2) is 0 Å². The van der Waals surface area contributed by atoms with Crippen LogP contribution in [0.1, 0.15) is 47.9 Å². The van der Waals surface area contributed by atoms with Gasteiger partial charge in [0.05, 0.1) is 7.11 Å². The van der Waals surface area contributed by atoms with Gasteiger partial charge in [-0.3, -0.25) is 0 Å². The summed E-state index contributed by atoms with van der Waals surface area (Å²) in [7, 11) is 1.30. The van der Waals surface area contributed by atoms with Gasteiger partial charge in [-0.2, -0.15) is 0 Å². The summed E-state index contributed by atoms with van der Waals surface area (Å²) in [5, 5.41) is 0. The SMILES string of the molecule is CCc1cccc(OC(=O)OC)c1COc1ccc(C)cc1C1CC1. The number of hydrogen-bond acceptors (Lipinski definition) is 4. The fourth-order valence-electron chi connectivity index (χ4n) is 3.00. The van der Waals surface area contributed by atoms with E-state index in [1.54, 1.807) is 6.07 Å². The first kappa shape index (κ1) is 17.3. The molecule has 0 amide bonds. The standard InChI is InChI=1S/C21H24O4/c1-4-15-6-5-7-20(25-21(22)23-3)18(15)13-24-19-11-8-14(2)12-17(19)16-9-10-16/h5-8,11-12,16H,4,9-10,13H2,1-3H3. The van der Waals surface area contributed by atoms with Gasteiger partial charge in [-0.05, 0) is 55.4 Å². The summed E-state index contributed by atoms with van der Waals surface area (Å²) >= 11 is 0. The Kier molecular flexibility index (Phi) is 5.27. The van der Waals surface area contributed by atoms with Crippen LogP contribution in [-0.4, -0.2) is 13.3 Å². The van der Waals surface area contributed by atoms with Crippen LogP contribution in [0.4, 0.5) is 4.79 Å². The summed E-state index contributed by atoms with van der Waals surface area (Å²) in [6, 6.07) is 12.0. The van der Waals surface area contributed by atoms with E-state index in [-0.39, 0.29) is 0 Å². The lowest BCUT2D eigenvalue weighted by molar-refractivity contribution is 0.120. The Bertz CT molecular complexity index is 762. The normalized spacial score (nSPS) is 13.4. The number of aryl methyl sites for hydroxylation is 2. The molecule has 2 aromatic carbocycles. The lowest BCUT2D eigenvalue weighted by Crippen LogP contribution is -2.11. The number of carbonyl (C=O) groups excluding carboxylic acids is 1. The van der Waals surface area contributed by atoms with Crippen LogP contribution in [0.15, 0.2) is 36.4 Å². The molecule has 0 bridgehead atoms. The summed E-state index contributed by atoms with van der Waals surface area (Å²) in [5.41, 5.74) is 4.52. The van der Waals surface area contributed by atoms with E-state index >= 15 is 0 Å². The van der Waals surface area contributed by atoms with E-state index in [0.29, 0.717) is 18.3 Å². The van der Waals surface area contributed by atoms with E-state index in [0.717, 1.165) is 23.3 Å². The second-order valence-corrected chi connectivity index (χ2v) is 6.41. The molecule has 2 aromatic rings. The van der Waals surface area contributed by atoms with E-state index in [9.17, 15) is 4.79 Å². The van der Waals surface area contributed by atoms with Gasteiger partial charge in [-0.15, -0.1) is 0 Å². The molecular weight excluding hydrogens is 316 g/mol. The smallest absolute Gasteiger partial charge is 0.488 e. The first-order chi connectivity index (χ1) is 12.1. The lowest BCUT2D eigenvalue weighted by atomic mass is 10.0. The van der Waals surface area contributed by atoms with Crippen LogP contribution in [0.2, 0.25) is 0 Å². The minimum atomic E-state index is -0.719. The molecular formula is C21H24O4. The van der Waals surface area contributed by atoms with Crippen molar-refractivity contribution in [2.45, 2.75) is 45.6 Å². The maximum absolute atomic E-state index is 11.5. The molecule has 1 fully saturated rings. The average molecular weight is 340 g/mol. The zero-order valence-corrected chi connectivity index (χ0v) is 15.0. The van der Waals surface area contributed by atoms with E-state index in [1.165, 1.54) is 31.1 Å². The Morgan fingerprint density at radius 3 is 2.64 bits per heavy atom. The van der Waals surface area contributed by atoms with Crippen molar-refractivity contribution in [1.29, 1.82) is 0 Å².